The highest BCUT2D eigenvalue weighted by Crippen LogP contribution is 2.20. The molecule has 0 aliphatic heterocycles. The summed E-state index contributed by atoms with van der Waals surface area (Å²) in [6.45, 7) is 0. The molecule has 0 bridgehead atoms. The first-order chi connectivity index (χ1) is 8.15. The monoisotopic (exact) mass is 253 g/mol. The van der Waals surface area contributed by atoms with Gasteiger partial charge in [-0.15, -0.1) is 5.10 Å². The summed E-state index contributed by atoms with van der Waals surface area (Å²) in [5.41, 5.74) is 5.34. The lowest BCUT2D eigenvalue weighted by molar-refractivity contribution is -0.402. The number of aromatic amines is 1. The second-order valence-electron chi connectivity index (χ2n) is 2.86. The molecular weight excluding hydrogens is 246 g/mol. The summed E-state index contributed by atoms with van der Waals surface area (Å²) in [6, 6.07) is 2.79. The van der Waals surface area contributed by atoms with Crippen LogP contribution in [0.15, 0.2) is 27.1 Å². The molecule has 0 aliphatic carbocycles. The zero-order valence-electron chi connectivity index (χ0n) is 8.36. The van der Waals surface area contributed by atoms with Crippen LogP contribution in [0.3, 0.4) is 0 Å². The summed E-state index contributed by atoms with van der Waals surface area (Å²) in [5.74, 6) is 0.319. The minimum absolute atomic E-state index is 0.231. The first-order valence-electron chi connectivity index (χ1n) is 4.40. The highest BCUT2D eigenvalue weighted by atomic mass is 32.2. The minimum Gasteiger partial charge on any atom is -0.401 e. The van der Waals surface area contributed by atoms with Crippen molar-refractivity contribution < 1.29 is 9.34 Å². The molecule has 0 aliphatic rings. The molecule has 0 amide bonds. The molecule has 9 heteroatoms. The van der Waals surface area contributed by atoms with Crippen LogP contribution < -0.4 is 5.73 Å². The Morgan fingerprint density at radius 3 is 3.00 bits per heavy atom. The van der Waals surface area contributed by atoms with Crippen molar-refractivity contribution in [3.8, 4) is 0 Å². The number of nitrogens with one attached hydrogen (secondary N) is 1. The number of nitrogens with two attached hydrogens (primary N) is 1. The van der Waals surface area contributed by atoms with E-state index in [-0.39, 0.29) is 11.8 Å². The van der Waals surface area contributed by atoms with Crippen LogP contribution >= 0.6 is 11.8 Å². The van der Waals surface area contributed by atoms with Crippen molar-refractivity contribution in [2.75, 3.05) is 5.73 Å². The molecule has 0 saturated carbocycles. The van der Waals surface area contributed by atoms with Gasteiger partial charge in [-0.25, -0.2) is 5.10 Å². The molecule has 0 fully saturated rings. The third-order valence-electron chi connectivity index (χ3n) is 1.68. The Morgan fingerprint density at radius 1 is 1.59 bits per heavy atom. The molecule has 2 aromatic rings. The summed E-state index contributed by atoms with van der Waals surface area (Å²) in [6.07, 6.45) is 1.57. The lowest BCUT2D eigenvalue weighted by Crippen LogP contribution is -1.84. The van der Waals surface area contributed by atoms with Gasteiger partial charge in [-0.1, -0.05) is 11.8 Å². The van der Waals surface area contributed by atoms with Crippen molar-refractivity contribution >= 4 is 29.7 Å². The molecule has 0 aromatic carbocycles. The van der Waals surface area contributed by atoms with Gasteiger partial charge in [-0.05, 0) is 17.6 Å². The van der Waals surface area contributed by atoms with Crippen molar-refractivity contribution in [1.82, 2.24) is 15.2 Å². The van der Waals surface area contributed by atoms with E-state index in [0.29, 0.717) is 10.9 Å². The standard InChI is InChI=1S/C8H7N5O3S/c9-7-10-8(12-11-7)17-4-3-5-1-2-6(16-5)13(14)15/h1-4H,(H3,9,10,11,12)/b4-3+. The second-order valence-corrected chi connectivity index (χ2v) is 3.73. The van der Waals surface area contributed by atoms with Crippen molar-refractivity contribution in [3.05, 3.63) is 33.4 Å². The predicted octanol–water partition coefficient (Wildman–Crippen LogP) is 1.65. The molecule has 0 radical (unpaired) electrons. The molecule has 8 nitrogen and oxygen atoms in total. The van der Waals surface area contributed by atoms with E-state index < -0.39 is 4.92 Å². The van der Waals surface area contributed by atoms with E-state index in [0.717, 1.165) is 0 Å². The number of anilines is 1. The predicted molar refractivity (Wildman–Crippen MR) is 61.0 cm³/mol. The lowest BCUT2D eigenvalue weighted by Gasteiger charge is -1.85. The molecule has 2 heterocycles. The molecule has 0 atom stereocenters. The summed E-state index contributed by atoms with van der Waals surface area (Å²) >= 11 is 1.21. The van der Waals surface area contributed by atoms with Gasteiger partial charge in [0.25, 0.3) is 0 Å². The third kappa shape index (κ3) is 2.84. The van der Waals surface area contributed by atoms with Gasteiger partial charge in [-0.2, -0.15) is 4.98 Å². The van der Waals surface area contributed by atoms with Gasteiger partial charge in [0.15, 0.2) is 0 Å². The van der Waals surface area contributed by atoms with Crippen LogP contribution in [-0.2, 0) is 0 Å². The van der Waals surface area contributed by atoms with Crippen LogP contribution in [0, 0.1) is 10.1 Å². The second kappa shape index (κ2) is 4.70. The first kappa shape index (κ1) is 11.2. The summed E-state index contributed by atoms with van der Waals surface area (Å²) in [4.78, 5) is 13.6. The average molecular weight is 253 g/mol. The maximum atomic E-state index is 10.4. The molecule has 0 spiro atoms. The molecule has 0 saturated heterocycles. The minimum atomic E-state index is -0.597. The summed E-state index contributed by atoms with van der Waals surface area (Å²) < 4.78 is 4.92. The number of nitrogen functional groups attached to an aromatic ring is 1. The van der Waals surface area contributed by atoms with E-state index in [1.807, 2.05) is 0 Å². The highest BCUT2D eigenvalue weighted by molar-refractivity contribution is 8.02. The van der Waals surface area contributed by atoms with Crippen molar-refractivity contribution in [1.29, 1.82) is 0 Å². The van der Waals surface area contributed by atoms with Gasteiger partial charge < -0.3 is 10.2 Å². The SMILES string of the molecule is Nc1nc(S/C=C/c2ccc([N+](=O)[O-])o2)n[nH]1. The van der Waals surface area contributed by atoms with E-state index in [4.69, 9.17) is 10.2 Å². The van der Waals surface area contributed by atoms with Crippen LogP contribution in [0.5, 0.6) is 0 Å². The largest absolute Gasteiger partial charge is 0.433 e. The van der Waals surface area contributed by atoms with Gasteiger partial charge in [0.2, 0.25) is 11.1 Å². The summed E-state index contributed by atoms with van der Waals surface area (Å²) in [5, 5.41) is 18.7. The lowest BCUT2D eigenvalue weighted by atomic mass is 10.4. The fraction of sp³-hybridized carbons (Fsp3) is 0. The van der Waals surface area contributed by atoms with E-state index in [1.165, 1.54) is 23.9 Å². The molecule has 3 N–H and O–H groups in total. The maximum absolute atomic E-state index is 10.4. The molecule has 2 aromatic heterocycles. The molecule has 0 unspecified atom stereocenters. The zero-order chi connectivity index (χ0) is 12.3. The Labute approximate surface area is 99.1 Å². The Balaban J connectivity index is 1.98. The van der Waals surface area contributed by atoms with Gasteiger partial charge in [0.1, 0.15) is 10.7 Å². The molecular formula is C8H7N5O3S. The molecule has 2 rings (SSSR count). The Kier molecular flexibility index (Phi) is 3.10. The smallest absolute Gasteiger partial charge is 0.401 e. The van der Waals surface area contributed by atoms with Crippen LogP contribution in [0.25, 0.3) is 6.08 Å². The Bertz CT molecular complexity index is 561. The fourth-order valence-electron chi connectivity index (χ4n) is 1.00. The number of furan rings is 1. The van der Waals surface area contributed by atoms with Crippen molar-refractivity contribution in [3.63, 3.8) is 0 Å². The number of nitro groups is 1. The first-order valence-corrected chi connectivity index (χ1v) is 5.28. The van der Waals surface area contributed by atoms with E-state index in [2.05, 4.69) is 15.2 Å². The van der Waals surface area contributed by atoms with Gasteiger partial charge in [0, 0.05) is 0 Å². The van der Waals surface area contributed by atoms with Crippen LogP contribution in [0.1, 0.15) is 5.76 Å². The Hall–Kier alpha value is -2.29. The van der Waals surface area contributed by atoms with Crippen LogP contribution in [0.4, 0.5) is 11.8 Å². The number of H-pyrrole nitrogens is 1. The van der Waals surface area contributed by atoms with E-state index >= 15 is 0 Å². The number of nitrogens with zero attached hydrogens (tertiary/aromatic N) is 3. The fourth-order valence-corrected chi connectivity index (χ4v) is 1.58. The number of rotatable bonds is 4. The van der Waals surface area contributed by atoms with Gasteiger partial charge >= 0.3 is 5.88 Å². The summed E-state index contributed by atoms with van der Waals surface area (Å²) in [7, 11) is 0. The molecule has 88 valence electrons. The number of hydrogen-bond acceptors (Lipinski definition) is 7. The van der Waals surface area contributed by atoms with Gasteiger partial charge in [-0.3, -0.25) is 10.1 Å². The maximum Gasteiger partial charge on any atom is 0.433 e. The number of hydrogen-bond donors (Lipinski definition) is 2. The van der Waals surface area contributed by atoms with E-state index in [1.54, 1.807) is 11.5 Å². The normalized spacial score (nSPS) is 11.1. The molecule has 17 heavy (non-hydrogen) atoms. The zero-order valence-corrected chi connectivity index (χ0v) is 9.18. The average Bonchev–Trinajstić information content (AvgIpc) is 2.88. The van der Waals surface area contributed by atoms with Crippen LogP contribution in [-0.4, -0.2) is 20.1 Å². The number of thioether (sulfide) groups is 1. The third-order valence-corrected chi connectivity index (χ3v) is 2.35. The van der Waals surface area contributed by atoms with E-state index in [9.17, 15) is 10.1 Å². The topological polar surface area (TPSA) is 124 Å². The highest BCUT2D eigenvalue weighted by Gasteiger charge is 2.09. The van der Waals surface area contributed by atoms with Gasteiger partial charge in [0.05, 0.1) is 6.07 Å². The van der Waals surface area contributed by atoms with Crippen molar-refractivity contribution in [2.45, 2.75) is 5.16 Å². The Morgan fingerprint density at radius 2 is 2.41 bits per heavy atom. The van der Waals surface area contributed by atoms with Crippen LogP contribution in [0.2, 0.25) is 0 Å². The number of aromatic nitrogens is 3. The quantitative estimate of drug-likeness (QED) is 0.482. The van der Waals surface area contributed by atoms with Crippen molar-refractivity contribution in [2.24, 2.45) is 0 Å².